The first-order chi connectivity index (χ1) is 11.3. The molecule has 0 unspecified atom stereocenters. The zero-order chi connectivity index (χ0) is 17.3. The lowest BCUT2D eigenvalue weighted by Crippen LogP contribution is -2.57. The van der Waals surface area contributed by atoms with E-state index in [-0.39, 0.29) is 28.4 Å². The molecular formula is C20H28O4. The highest BCUT2D eigenvalue weighted by molar-refractivity contribution is 5.91. The fraction of sp³-hybridized carbons (Fsp3) is 0.800. The minimum Gasteiger partial charge on any atom is -0.481 e. The number of rotatable bonds is 1. The molecule has 0 spiro atoms. The van der Waals surface area contributed by atoms with E-state index in [1.165, 1.54) is 5.57 Å². The Labute approximate surface area is 143 Å². The Bertz CT molecular complexity index is 623. The number of hydrogen-bond acceptors (Lipinski definition) is 3. The summed E-state index contributed by atoms with van der Waals surface area (Å²) >= 11 is 0. The number of carboxylic acids is 1. The third-order valence-corrected chi connectivity index (χ3v) is 8.19. The maximum absolute atomic E-state index is 11.8. The Balaban J connectivity index is 1.72. The molecule has 4 nitrogen and oxygen atoms in total. The van der Waals surface area contributed by atoms with Crippen LogP contribution in [0.15, 0.2) is 11.6 Å². The molecule has 0 aromatic heterocycles. The average Bonchev–Trinajstić information content (AvgIpc) is 2.84. The highest BCUT2D eigenvalue weighted by Crippen LogP contribution is 2.66. The fourth-order valence-electron chi connectivity index (χ4n) is 7.09. The molecule has 132 valence electrons. The van der Waals surface area contributed by atoms with Gasteiger partial charge in [0, 0.05) is 6.42 Å². The summed E-state index contributed by atoms with van der Waals surface area (Å²) < 4.78 is 0. The maximum atomic E-state index is 11.8. The van der Waals surface area contributed by atoms with Crippen molar-refractivity contribution in [3.63, 3.8) is 0 Å². The van der Waals surface area contributed by atoms with Gasteiger partial charge in [0.25, 0.3) is 0 Å². The predicted molar refractivity (Wildman–Crippen MR) is 89.2 cm³/mol. The molecule has 4 aliphatic rings. The van der Waals surface area contributed by atoms with Gasteiger partial charge in [-0.2, -0.15) is 0 Å². The van der Waals surface area contributed by atoms with Crippen molar-refractivity contribution in [1.29, 1.82) is 0 Å². The van der Waals surface area contributed by atoms with Crippen molar-refractivity contribution in [2.75, 3.05) is 0 Å². The highest BCUT2D eigenvalue weighted by Gasteiger charge is 2.63. The molecule has 4 heteroatoms. The molecule has 0 bridgehead atoms. The van der Waals surface area contributed by atoms with E-state index in [2.05, 4.69) is 13.8 Å². The number of fused-ring (bicyclic) bond motifs is 5. The second-order valence-electron chi connectivity index (χ2n) is 9.13. The number of carbonyl (C=O) groups is 2. The van der Waals surface area contributed by atoms with Crippen LogP contribution in [0.5, 0.6) is 0 Å². The van der Waals surface area contributed by atoms with Crippen LogP contribution in [0, 0.1) is 34.5 Å². The van der Waals surface area contributed by atoms with Crippen LogP contribution >= 0.6 is 0 Å². The number of aliphatic hydroxyl groups excluding tert-OH is 1. The van der Waals surface area contributed by atoms with Crippen LogP contribution in [-0.4, -0.2) is 28.1 Å². The Morgan fingerprint density at radius 2 is 1.96 bits per heavy atom. The minimum absolute atomic E-state index is 0.0844. The second-order valence-corrected chi connectivity index (χ2v) is 9.13. The third-order valence-electron chi connectivity index (χ3n) is 8.19. The van der Waals surface area contributed by atoms with Crippen LogP contribution in [-0.2, 0) is 9.59 Å². The Morgan fingerprint density at radius 3 is 2.67 bits per heavy atom. The van der Waals surface area contributed by atoms with Gasteiger partial charge in [0.1, 0.15) is 0 Å². The number of hydrogen-bond donors (Lipinski definition) is 2. The number of carbonyl (C=O) groups excluding carboxylic acids is 1. The lowest BCUT2D eigenvalue weighted by Gasteiger charge is -2.59. The first kappa shape index (κ1) is 16.3. The normalized spacial score (nSPS) is 50.5. The van der Waals surface area contributed by atoms with Crippen LogP contribution in [0.3, 0.4) is 0 Å². The van der Waals surface area contributed by atoms with Crippen LogP contribution in [0.4, 0.5) is 0 Å². The summed E-state index contributed by atoms with van der Waals surface area (Å²) in [6, 6.07) is 0. The van der Waals surface area contributed by atoms with E-state index in [0.717, 1.165) is 32.1 Å². The van der Waals surface area contributed by atoms with E-state index in [9.17, 15) is 19.8 Å². The number of ketones is 1. The Morgan fingerprint density at radius 1 is 1.21 bits per heavy atom. The van der Waals surface area contributed by atoms with Gasteiger partial charge in [0.2, 0.25) is 0 Å². The molecule has 2 N–H and O–H groups in total. The van der Waals surface area contributed by atoms with Crippen molar-refractivity contribution in [3.8, 4) is 0 Å². The summed E-state index contributed by atoms with van der Waals surface area (Å²) in [6.07, 6.45) is 7.01. The van der Waals surface area contributed by atoms with E-state index in [0.29, 0.717) is 24.7 Å². The molecule has 0 aromatic rings. The highest BCUT2D eigenvalue weighted by atomic mass is 16.4. The van der Waals surface area contributed by atoms with Crippen LogP contribution in [0.25, 0.3) is 0 Å². The monoisotopic (exact) mass is 332 g/mol. The van der Waals surface area contributed by atoms with Gasteiger partial charge < -0.3 is 10.2 Å². The van der Waals surface area contributed by atoms with Gasteiger partial charge in [-0.05, 0) is 73.2 Å². The van der Waals surface area contributed by atoms with E-state index in [4.69, 9.17) is 0 Å². The van der Waals surface area contributed by atoms with Gasteiger partial charge in [-0.3, -0.25) is 9.59 Å². The summed E-state index contributed by atoms with van der Waals surface area (Å²) in [5, 5.41) is 20.7. The molecule has 0 heterocycles. The van der Waals surface area contributed by atoms with Gasteiger partial charge >= 0.3 is 5.97 Å². The number of aliphatic hydroxyl groups is 1. The summed E-state index contributed by atoms with van der Waals surface area (Å²) in [6.45, 7) is 4.33. The van der Waals surface area contributed by atoms with E-state index in [1.807, 2.05) is 6.08 Å². The van der Waals surface area contributed by atoms with Crippen molar-refractivity contribution in [2.45, 2.75) is 64.9 Å². The van der Waals surface area contributed by atoms with Crippen molar-refractivity contribution in [2.24, 2.45) is 34.5 Å². The quantitative estimate of drug-likeness (QED) is 0.773. The molecule has 0 saturated heterocycles. The topological polar surface area (TPSA) is 74.6 Å². The van der Waals surface area contributed by atoms with Crippen molar-refractivity contribution in [1.82, 2.24) is 0 Å². The van der Waals surface area contributed by atoms with E-state index >= 15 is 0 Å². The molecule has 0 aliphatic heterocycles. The molecule has 4 aliphatic carbocycles. The van der Waals surface area contributed by atoms with E-state index in [1.54, 1.807) is 0 Å². The Kier molecular flexibility index (Phi) is 3.51. The van der Waals surface area contributed by atoms with Crippen LogP contribution < -0.4 is 0 Å². The van der Waals surface area contributed by atoms with Crippen molar-refractivity contribution < 1.29 is 19.8 Å². The average molecular weight is 332 g/mol. The van der Waals surface area contributed by atoms with Crippen LogP contribution in [0.1, 0.15) is 58.8 Å². The first-order valence-electron chi connectivity index (χ1n) is 9.42. The molecule has 0 amide bonds. The third kappa shape index (κ3) is 2.01. The molecule has 7 atom stereocenters. The van der Waals surface area contributed by atoms with E-state index < -0.39 is 12.1 Å². The van der Waals surface area contributed by atoms with Gasteiger partial charge in [-0.25, -0.2) is 0 Å². The molecule has 24 heavy (non-hydrogen) atoms. The summed E-state index contributed by atoms with van der Waals surface area (Å²) in [4.78, 5) is 23.6. The van der Waals surface area contributed by atoms with Gasteiger partial charge in [-0.1, -0.05) is 19.4 Å². The lowest BCUT2D eigenvalue weighted by atomic mass is 9.46. The maximum Gasteiger partial charge on any atom is 0.307 e. The van der Waals surface area contributed by atoms with Gasteiger partial charge in [0.15, 0.2) is 5.78 Å². The molecule has 3 fully saturated rings. The minimum atomic E-state index is -0.698. The van der Waals surface area contributed by atoms with Crippen molar-refractivity contribution >= 4 is 11.8 Å². The largest absolute Gasteiger partial charge is 0.481 e. The summed E-state index contributed by atoms with van der Waals surface area (Å²) in [7, 11) is 0. The number of carboxylic acid groups (broad SMARTS) is 1. The van der Waals surface area contributed by atoms with Gasteiger partial charge in [-0.15, -0.1) is 0 Å². The van der Waals surface area contributed by atoms with Gasteiger partial charge in [0.05, 0.1) is 12.0 Å². The summed E-state index contributed by atoms with van der Waals surface area (Å²) in [5.74, 6) is 0.160. The SMILES string of the molecule is C[C@]12C[C@@H](O)[C@H]3[C@@H](CCC4=CC(=O)CC[C@@]43C)[C@@H]1CC[C@@H]2C(=O)O. The smallest absolute Gasteiger partial charge is 0.307 e. The summed E-state index contributed by atoms with van der Waals surface area (Å²) in [5.41, 5.74) is 0.864. The molecular weight excluding hydrogens is 304 g/mol. The molecule has 0 radical (unpaired) electrons. The molecule has 4 rings (SSSR count). The fourth-order valence-corrected chi connectivity index (χ4v) is 7.09. The Hall–Kier alpha value is -1.16. The van der Waals surface area contributed by atoms with Crippen LogP contribution in [0.2, 0.25) is 0 Å². The molecule has 0 aromatic carbocycles. The standard InChI is InChI=1S/C20H28O4/c1-19-8-7-12(21)9-11(19)3-4-13-14-5-6-15(18(23)24)20(14,2)10-16(22)17(13)19/h9,13-17,22H,3-8,10H2,1-2H3,(H,23,24)/t13-,14-,15+,16+,17+,19-,20-/m0/s1. The lowest BCUT2D eigenvalue weighted by molar-refractivity contribution is -0.158. The zero-order valence-electron chi connectivity index (χ0n) is 14.6. The first-order valence-corrected chi connectivity index (χ1v) is 9.42. The predicted octanol–water partition coefficient (Wildman–Crippen LogP) is 3.19. The second kappa shape index (κ2) is 5.17. The zero-order valence-corrected chi connectivity index (χ0v) is 14.6. The molecule has 3 saturated carbocycles. The van der Waals surface area contributed by atoms with Crippen molar-refractivity contribution in [3.05, 3.63) is 11.6 Å². The number of aliphatic carboxylic acids is 1. The number of allylic oxidation sites excluding steroid dienone is 1.